The van der Waals surface area contributed by atoms with Crippen LogP contribution in [-0.4, -0.2) is 36.8 Å². The Morgan fingerprint density at radius 3 is 1.50 bits per heavy atom. The third kappa shape index (κ3) is 3.25. The van der Waals surface area contributed by atoms with Crippen molar-refractivity contribution in [2.45, 2.75) is 63.5 Å². The van der Waals surface area contributed by atoms with Crippen LogP contribution in [0, 0.1) is 11.8 Å². The third-order valence-electron chi connectivity index (χ3n) is 7.05. The summed E-state index contributed by atoms with van der Waals surface area (Å²) >= 11 is 0. The van der Waals surface area contributed by atoms with Gasteiger partial charge < -0.3 is 0 Å². The van der Waals surface area contributed by atoms with Crippen molar-refractivity contribution in [1.29, 1.82) is 0 Å². The van der Waals surface area contributed by atoms with Gasteiger partial charge >= 0.3 is 0 Å². The fourth-order valence-corrected chi connectivity index (χ4v) is 5.45. The van der Waals surface area contributed by atoms with Gasteiger partial charge in [-0.1, -0.05) is 25.7 Å². The number of hydrogen-bond donors (Lipinski definition) is 2. The van der Waals surface area contributed by atoms with Crippen LogP contribution in [0.3, 0.4) is 0 Å². The lowest BCUT2D eigenvalue weighted by molar-refractivity contribution is -0.553. The maximum Gasteiger partial charge on any atom is 0.227 e. The van der Waals surface area contributed by atoms with E-state index in [1.165, 1.54) is 87.3 Å². The first kappa shape index (κ1) is 16.6. The molecule has 2 aliphatic heterocycles. The van der Waals surface area contributed by atoms with Crippen LogP contribution in [0.5, 0.6) is 0 Å². The van der Waals surface area contributed by atoms with Gasteiger partial charge in [0, 0.05) is 11.8 Å². The predicted molar refractivity (Wildman–Crippen MR) is 105 cm³/mol. The number of fused-ring (bicyclic) bond motifs is 2. The van der Waals surface area contributed by atoms with Crippen LogP contribution in [0.25, 0.3) is 0 Å². The summed E-state index contributed by atoms with van der Waals surface area (Å²) in [7, 11) is 0. The molecule has 2 aliphatic carbocycles. The Morgan fingerprint density at radius 1 is 0.615 bits per heavy atom. The molecular formula is C22H32N4+2. The average molecular weight is 353 g/mol. The number of aliphatic imine (C=N–C) groups is 2. The summed E-state index contributed by atoms with van der Waals surface area (Å²) in [6.07, 6.45) is 10.8. The van der Waals surface area contributed by atoms with E-state index in [9.17, 15) is 0 Å². The van der Waals surface area contributed by atoms with Gasteiger partial charge in [0.25, 0.3) is 0 Å². The maximum atomic E-state index is 5.09. The molecule has 0 saturated heterocycles. The van der Waals surface area contributed by atoms with E-state index >= 15 is 0 Å². The first-order valence-corrected chi connectivity index (χ1v) is 10.8. The summed E-state index contributed by atoms with van der Waals surface area (Å²) in [5, 5.41) is 4.75. The lowest BCUT2D eigenvalue weighted by atomic mass is 9.83. The SMILES string of the molecule is c1cc(C2=N[C@H]3CCCC[C@H]3C[NH2+]2)ccc1C1=N[C@H]2CCCC[C@H]2C[NH2+]1. The van der Waals surface area contributed by atoms with Crippen molar-refractivity contribution in [3.63, 3.8) is 0 Å². The number of quaternary nitrogens is 2. The molecule has 4 N–H and O–H groups in total. The van der Waals surface area contributed by atoms with Gasteiger partial charge in [-0.15, -0.1) is 0 Å². The summed E-state index contributed by atoms with van der Waals surface area (Å²) in [4.78, 5) is 10.2. The molecule has 0 aromatic heterocycles. The molecule has 5 rings (SSSR count). The fourth-order valence-electron chi connectivity index (χ4n) is 5.45. The summed E-state index contributed by atoms with van der Waals surface area (Å²) in [5.74, 6) is 4.06. The van der Waals surface area contributed by atoms with Crippen LogP contribution < -0.4 is 10.6 Å². The lowest BCUT2D eigenvalue weighted by Gasteiger charge is -2.31. The molecule has 2 fully saturated rings. The summed E-state index contributed by atoms with van der Waals surface area (Å²) in [5.41, 5.74) is 2.56. The molecule has 4 aliphatic rings. The molecule has 138 valence electrons. The van der Waals surface area contributed by atoms with E-state index in [2.05, 4.69) is 34.9 Å². The Labute approximate surface area is 156 Å². The van der Waals surface area contributed by atoms with Crippen molar-refractivity contribution < 1.29 is 10.6 Å². The number of nitrogens with two attached hydrogens (primary N) is 2. The van der Waals surface area contributed by atoms with E-state index in [4.69, 9.17) is 9.98 Å². The Morgan fingerprint density at radius 2 is 1.04 bits per heavy atom. The van der Waals surface area contributed by atoms with Gasteiger partial charge in [-0.05, 0) is 49.9 Å². The number of rotatable bonds is 2. The van der Waals surface area contributed by atoms with Crippen LogP contribution in [0.4, 0.5) is 0 Å². The number of hydrogen-bond acceptors (Lipinski definition) is 2. The van der Waals surface area contributed by atoms with Crippen molar-refractivity contribution in [2.24, 2.45) is 21.8 Å². The zero-order chi connectivity index (χ0) is 17.3. The van der Waals surface area contributed by atoms with Crippen LogP contribution in [0.1, 0.15) is 62.5 Å². The normalized spacial score (nSPS) is 34.3. The van der Waals surface area contributed by atoms with Crippen LogP contribution in [-0.2, 0) is 0 Å². The van der Waals surface area contributed by atoms with Crippen molar-refractivity contribution in [3.8, 4) is 0 Å². The Kier molecular flexibility index (Phi) is 4.63. The van der Waals surface area contributed by atoms with Gasteiger partial charge in [0.2, 0.25) is 11.7 Å². The van der Waals surface area contributed by atoms with Crippen LogP contribution in [0.15, 0.2) is 34.3 Å². The highest BCUT2D eigenvalue weighted by Gasteiger charge is 2.33. The minimum absolute atomic E-state index is 0.572. The van der Waals surface area contributed by atoms with Gasteiger partial charge in [0.1, 0.15) is 0 Å². The van der Waals surface area contributed by atoms with E-state index in [0.29, 0.717) is 12.1 Å². The fraction of sp³-hybridized carbons (Fsp3) is 0.636. The van der Waals surface area contributed by atoms with Crippen molar-refractivity contribution >= 4 is 11.7 Å². The lowest BCUT2D eigenvalue weighted by Crippen LogP contribution is -2.92. The standard InChI is InChI=1S/C22H30N4/c1-3-7-19-17(5-1)13-23-21(25-19)15-9-11-16(12-10-15)22-24-14-18-6-2-4-8-20(18)26-22/h9-12,17-20H,1-8,13-14H2,(H,23,25)(H,24,26)/p+2/t17-,18-,19-,20-/m0/s1. The summed E-state index contributed by atoms with van der Waals surface area (Å²) in [6, 6.07) is 10.2. The quantitative estimate of drug-likeness (QED) is 0.810. The minimum atomic E-state index is 0.572. The summed E-state index contributed by atoms with van der Waals surface area (Å²) < 4.78 is 0. The number of benzene rings is 1. The Bertz CT molecular complexity index is 644. The highest BCUT2D eigenvalue weighted by molar-refractivity contribution is 5.95. The highest BCUT2D eigenvalue weighted by Crippen LogP contribution is 2.28. The van der Waals surface area contributed by atoms with E-state index in [1.54, 1.807) is 0 Å². The molecule has 4 atom stereocenters. The van der Waals surface area contributed by atoms with E-state index in [-0.39, 0.29) is 0 Å². The molecule has 0 unspecified atom stereocenters. The molecule has 1 aromatic rings. The van der Waals surface area contributed by atoms with Crippen molar-refractivity contribution in [1.82, 2.24) is 0 Å². The van der Waals surface area contributed by atoms with Crippen LogP contribution >= 0.6 is 0 Å². The number of amidine groups is 2. The monoisotopic (exact) mass is 352 g/mol. The molecule has 0 spiro atoms. The van der Waals surface area contributed by atoms with E-state index < -0.39 is 0 Å². The molecule has 4 nitrogen and oxygen atoms in total. The largest absolute Gasteiger partial charge is 0.297 e. The number of nitrogens with zero attached hydrogens (tertiary/aromatic N) is 2. The van der Waals surface area contributed by atoms with E-state index in [0.717, 1.165) is 11.8 Å². The molecule has 1 aromatic carbocycles. The maximum absolute atomic E-state index is 5.09. The highest BCUT2D eigenvalue weighted by atomic mass is 15.1. The molecule has 26 heavy (non-hydrogen) atoms. The molecule has 2 heterocycles. The molecular weight excluding hydrogens is 320 g/mol. The van der Waals surface area contributed by atoms with Gasteiger partial charge in [-0.3, -0.25) is 10.6 Å². The Balaban J connectivity index is 1.33. The molecule has 0 bridgehead atoms. The summed E-state index contributed by atoms with van der Waals surface area (Å²) in [6.45, 7) is 2.43. The molecule has 0 amide bonds. The first-order chi connectivity index (χ1) is 12.9. The smallest absolute Gasteiger partial charge is 0.227 e. The third-order valence-corrected chi connectivity index (χ3v) is 7.05. The van der Waals surface area contributed by atoms with Crippen LogP contribution in [0.2, 0.25) is 0 Å². The minimum Gasteiger partial charge on any atom is -0.297 e. The second-order valence-electron chi connectivity index (χ2n) is 8.71. The van der Waals surface area contributed by atoms with Gasteiger partial charge in [-0.25, -0.2) is 9.98 Å². The van der Waals surface area contributed by atoms with Gasteiger partial charge in [0.15, 0.2) is 0 Å². The predicted octanol–water partition coefficient (Wildman–Crippen LogP) is 1.45. The first-order valence-electron chi connectivity index (χ1n) is 10.8. The van der Waals surface area contributed by atoms with Crippen molar-refractivity contribution in [2.75, 3.05) is 13.1 Å². The second-order valence-corrected chi connectivity index (χ2v) is 8.71. The zero-order valence-electron chi connectivity index (χ0n) is 15.7. The second kappa shape index (κ2) is 7.24. The molecule has 0 radical (unpaired) electrons. The topological polar surface area (TPSA) is 57.9 Å². The Hall–Kier alpha value is -1.52. The molecule has 2 saturated carbocycles. The van der Waals surface area contributed by atoms with E-state index in [1.807, 2.05) is 0 Å². The van der Waals surface area contributed by atoms with Gasteiger partial charge in [-0.2, -0.15) is 0 Å². The average Bonchev–Trinajstić information content (AvgIpc) is 2.73. The zero-order valence-corrected chi connectivity index (χ0v) is 15.7. The molecule has 4 heteroatoms. The van der Waals surface area contributed by atoms with Crippen molar-refractivity contribution in [3.05, 3.63) is 35.4 Å². The van der Waals surface area contributed by atoms with Gasteiger partial charge in [0.05, 0.1) is 36.3 Å².